The van der Waals surface area contributed by atoms with Crippen LogP contribution in [0.4, 0.5) is 5.69 Å². The number of piperidine rings is 1. The van der Waals surface area contributed by atoms with E-state index in [9.17, 15) is 9.59 Å². The smallest absolute Gasteiger partial charge is 0.251 e. The highest BCUT2D eigenvalue weighted by atomic mass is 16.2. The van der Waals surface area contributed by atoms with Crippen LogP contribution >= 0.6 is 0 Å². The van der Waals surface area contributed by atoms with Gasteiger partial charge in [-0.15, -0.1) is 0 Å². The lowest BCUT2D eigenvalue weighted by atomic mass is 10.1. The number of rotatable bonds is 3. The zero-order chi connectivity index (χ0) is 13.8. The lowest BCUT2D eigenvalue weighted by molar-refractivity contribution is -0.119. The van der Waals surface area contributed by atoms with Gasteiger partial charge < -0.3 is 10.2 Å². The van der Waals surface area contributed by atoms with Gasteiger partial charge in [0, 0.05) is 30.3 Å². The van der Waals surface area contributed by atoms with Crippen molar-refractivity contribution in [2.24, 2.45) is 0 Å². The van der Waals surface area contributed by atoms with Crippen molar-refractivity contribution in [3.05, 3.63) is 29.8 Å². The first-order chi connectivity index (χ1) is 9.08. The van der Waals surface area contributed by atoms with E-state index in [1.54, 1.807) is 17.0 Å². The molecule has 1 fully saturated rings. The molecule has 4 nitrogen and oxygen atoms in total. The Kier molecular flexibility index (Phi) is 4.20. The predicted molar refractivity (Wildman–Crippen MR) is 75.2 cm³/mol. The van der Waals surface area contributed by atoms with Gasteiger partial charge in [0.25, 0.3) is 5.91 Å². The molecule has 0 bridgehead atoms. The highest BCUT2D eigenvalue weighted by Gasteiger charge is 2.19. The topological polar surface area (TPSA) is 49.4 Å². The van der Waals surface area contributed by atoms with E-state index >= 15 is 0 Å². The van der Waals surface area contributed by atoms with Crippen molar-refractivity contribution in [1.29, 1.82) is 0 Å². The molecule has 1 aromatic carbocycles. The lowest BCUT2D eigenvalue weighted by Crippen LogP contribution is -2.35. The Hall–Kier alpha value is -1.84. The molecule has 1 aliphatic heterocycles. The zero-order valence-corrected chi connectivity index (χ0v) is 11.5. The van der Waals surface area contributed by atoms with Crippen molar-refractivity contribution < 1.29 is 9.59 Å². The third-order valence-electron chi connectivity index (χ3n) is 3.18. The minimum atomic E-state index is -0.0773. The van der Waals surface area contributed by atoms with Crippen LogP contribution in [-0.2, 0) is 4.79 Å². The van der Waals surface area contributed by atoms with Crippen LogP contribution in [0, 0.1) is 0 Å². The molecule has 0 atom stereocenters. The Morgan fingerprint density at radius 1 is 1.21 bits per heavy atom. The van der Waals surface area contributed by atoms with Gasteiger partial charge in [0.2, 0.25) is 5.91 Å². The number of anilines is 1. The van der Waals surface area contributed by atoms with E-state index in [2.05, 4.69) is 5.32 Å². The largest absolute Gasteiger partial charge is 0.350 e. The third kappa shape index (κ3) is 3.34. The summed E-state index contributed by atoms with van der Waals surface area (Å²) >= 11 is 0. The molecular formula is C15H20N2O2. The molecule has 1 N–H and O–H groups in total. The van der Waals surface area contributed by atoms with Crippen molar-refractivity contribution in [1.82, 2.24) is 5.32 Å². The molecule has 2 amide bonds. The Morgan fingerprint density at radius 2 is 1.89 bits per heavy atom. The molecule has 1 saturated heterocycles. The zero-order valence-electron chi connectivity index (χ0n) is 11.5. The number of carbonyl (C=O) groups is 2. The number of benzene rings is 1. The van der Waals surface area contributed by atoms with Crippen LogP contribution in [0.5, 0.6) is 0 Å². The molecule has 2 rings (SSSR count). The summed E-state index contributed by atoms with van der Waals surface area (Å²) in [7, 11) is 0. The summed E-state index contributed by atoms with van der Waals surface area (Å²) in [5, 5.41) is 2.85. The Morgan fingerprint density at radius 3 is 2.47 bits per heavy atom. The molecule has 0 saturated carbocycles. The molecule has 0 radical (unpaired) electrons. The first-order valence-electron chi connectivity index (χ1n) is 6.79. The van der Waals surface area contributed by atoms with Crippen molar-refractivity contribution in [3.63, 3.8) is 0 Å². The molecule has 4 heteroatoms. The quantitative estimate of drug-likeness (QED) is 0.907. The Bertz CT molecular complexity index is 466. The van der Waals surface area contributed by atoms with Crippen LogP contribution in [0.2, 0.25) is 0 Å². The highest BCUT2D eigenvalue weighted by molar-refractivity contribution is 5.97. The van der Waals surface area contributed by atoms with Gasteiger partial charge in [0.05, 0.1) is 0 Å². The molecule has 1 aliphatic rings. The summed E-state index contributed by atoms with van der Waals surface area (Å²) < 4.78 is 0. The number of nitrogens with one attached hydrogen (secondary N) is 1. The van der Waals surface area contributed by atoms with Gasteiger partial charge in [-0.2, -0.15) is 0 Å². The van der Waals surface area contributed by atoms with Crippen LogP contribution < -0.4 is 10.2 Å². The van der Waals surface area contributed by atoms with Gasteiger partial charge in [0.1, 0.15) is 0 Å². The first kappa shape index (κ1) is 13.6. The first-order valence-corrected chi connectivity index (χ1v) is 6.79. The molecule has 19 heavy (non-hydrogen) atoms. The van der Waals surface area contributed by atoms with E-state index < -0.39 is 0 Å². The fourth-order valence-corrected chi connectivity index (χ4v) is 2.22. The van der Waals surface area contributed by atoms with Gasteiger partial charge in [0.15, 0.2) is 0 Å². The van der Waals surface area contributed by atoms with E-state index in [0.29, 0.717) is 12.0 Å². The molecule has 1 aromatic rings. The second-order valence-electron chi connectivity index (χ2n) is 5.18. The average Bonchev–Trinajstić information content (AvgIpc) is 2.39. The number of hydrogen-bond donors (Lipinski definition) is 1. The van der Waals surface area contributed by atoms with E-state index in [1.165, 1.54) is 0 Å². The van der Waals surface area contributed by atoms with Crippen molar-refractivity contribution in [3.8, 4) is 0 Å². The predicted octanol–water partition coefficient (Wildman–Crippen LogP) is 2.34. The van der Waals surface area contributed by atoms with E-state index in [-0.39, 0.29) is 17.9 Å². The maximum Gasteiger partial charge on any atom is 0.251 e. The van der Waals surface area contributed by atoms with E-state index in [4.69, 9.17) is 0 Å². The van der Waals surface area contributed by atoms with Crippen molar-refractivity contribution >= 4 is 17.5 Å². The summed E-state index contributed by atoms with van der Waals surface area (Å²) in [6, 6.07) is 7.36. The summed E-state index contributed by atoms with van der Waals surface area (Å²) in [5.74, 6) is 0.0946. The highest BCUT2D eigenvalue weighted by Crippen LogP contribution is 2.21. The van der Waals surface area contributed by atoms with Gasteiger partial charge in [-0.1, -0.05) is 0 Å². The molecular weight excluding hydrogens is 240 g/mol. The lowest BCUT2D eigenvalue weighted by Gasteiger charge is -2.26. The van der Waals surface area contributed by atoms with E-state index in [1.807, 2.05) is 26.0 Å². The van der Waals surface area contributed by atoms with Crippen LogP contribution in [0.25, 0.3) is 0 Å². The van der Waals surface area contributed by atoms with Gasteiger partial charge in [-0.05, 0) is 51.0 Å². The molecule has 0 spiro atoms. The normalized spacial score (nSPS) is 15.7. The van der Waals surface area contributed by atoms with Crippen molar-refractivity contribution in [2.45, 2.75) is 39.2 Å². The van der Waals surface area contributed by atoms with Crippen LogP contribution in [0.3, 0.4) is 0 Å². The second kappa shape index (κ2) is 5.87. The summed E-state index contributed by atoms with van der Waals surface area (Å²) in [4.78, 5) is 25.4. The van der Waals surface area contributed by atoms with E-state index in [0.717, 1.165) is 25.1 Å². The Balaban J connectivity index is 2.09. The SMILES string of the molecule is CC(C)NC(=O)c1ccc(N2CCCCC2=O)cc1. The molecule has 0 unspecified atom stereocenters. The number of amides is 2. The fourth-order valence-electron chi connectivity index (χ4n) is 2.22. The van der Waals surface area contributed by atoms with Gasteiger partial charge in [-0.3, -0.25) is 9.59 Å². The minimum absolute atomic E-state index is 0.0773. The standard InChI is InChI=1S/C15H20N2O2/c1-11(2)16-15(19)12-6-8-13(9-7-12)17-10-4-3-5-14(17)18/h6-9,11H,3-5,10H2,1-2H3,(H,16,19). The van der Waals surface area contributed by atoms with Crippen molar-refractivity contribution in [2.75, 3.05) is 11.4 Å². The average molecular weight is 260 g/mol. The van der Waals surface area contributed by atoms with Crippen LogP contribution in [-0.4, -0.2) is 24.4 Å². The van der Waals surface area contributed by atoms with Gasteiger partial charge in [-0.25, -0.2) is 0 Å². The monoisotopic (exact) mass is 260 g/mol. The number of carbonyl (C=O) groups excluding carboxylic acids is 2. The summed E-state index contributed by atoms with van der Waals surface area (Å²) in [6.45, 7) is 4.63. The molecule has 102 valence electrons. The summed E-state index contributed by atoms with van der Waals surface area (Å²) in [5.41, 5.74) is 1.51. The second-order valence-corrected chi connectivity index (χ2v) is 5.18. The minimum Gasteiger partial charge on any atom is -0.350 e. The maximum absolute atomic E-state index is 11.8. The maximum atomic E-state index is 11.8. The molecule has 0 aromatic heterocycles. The fraction of sp³-hybridized carbons (Fsp3) is 0.467. The molecule has 1 heterocycles. The summed E-state index contributed by atoms with van der Waals surface area (Å²) in [6.07, 6.45) is 2.64. The Labute approximate surface area is 113 Å². The number of hydrogen-bond acceptors (Lipinski definition) is 2. The van der Waals surface area contributed by atoms with Crippen LogP contribution in [0.15, 0.2) is 24.3 Å². The number of nitrogens with zero attached hydrogens (tertiary/aromatic N) is 1. The third-order valence-corrected chi connectivity index (χ3v) is 3.18. The molecule has 0 aliphatic carbocycles. The van der Waals surface area contributed by atoms with Gasteiger partial charge >= 0.3 is 0 Å². The van der Waals surface area contributed by atoms with Crippen LogP contribution in [0.1, 0.15) is 43.5 Å².